The van der Waals surface area contributed by atoms with E-state index >= 15 is 0 Å². The Morgan fingerprint density at radius 2 is 2.28 bits per heavy atom. The molecule has 0 saturated carbocycles. The van der Waals surface area contributed by atoms with Gasteiger partial charge in [-0.05, 0) is 35.0 Å². The van der Waals surface area contributed by atoms with Crippen molar-refractivity contribution in [3.8, 4) is 0 Å². The van der Waals surface area contributed by atoms with Gasteiger partial charge in [-0.1, -0.05) is 17.7 Å². The summed E-state index contributed by atoms with van der Waals surface area (Å²) < 4.78 is 0.656. The molecule has 0 unspecified atom stereocenters. The summed E-state index contributed by atoms with van der Waals surface area (Å²) in [5, 5.41) is 9.54. The van der Waals surface area contributed by atoms with E-state index in [9.17, 15) is 4.79 Å². The predicted molar refractivity (Wildman–Crippen MR) is 74.8 cm³/mol. The lowest BCUT2D eigenvalue weighted by molar-refractivity contribution is 0.102. The number of carbonyl (C=O) groups excluding carboxylic acids is 1. The number of nitrogens with two attached hydrogens (primary N) is 1. The van der Waals surface area contributed by atoms with E-state index in [-0.39, 0.29) is 5.91 Å². The molecule has 5 nitrogen and oxygen atoms in total. The third-order valence-corrected chi connectivity index (χ3v) is 3.72. The van der Waals surface area contributed by atoms with E-state index in [0.717, 1.165) is 0 Å². The van der Waals surface area contributed by atoms with Crippen LogP contribution >= 0.6 is 27.5 Å². The SMILES string of the molecule is Cc1[nH]nc(NC(=O)c2cccc(Br)c2Cl)c1N. The molecule has 94 valence electrons. The van der Waals surface area contributed by atoms with Crippen LogP contribution in [0.4, 0.5) is 11.5 Å². The lowest BCUT2D eigenvalue weighted by atomic mass is 10.2. The number of nitrogens with zero attached hydrogens (tertiary/aromatic N) is 1. The van der Waals surface area contributed by atoms with Gasteiger partial charge in [0.15, 0.2) is 5.82 Å². The summed E-state index contributed by atoms with van der Waals surface area (Å²) in [6.45, 7) is 1.77. The summed E-state index contributed by atoms with van der Waals surface area (Å²) in [6, 6.07) is 5.11. The van der Waals surface area contributed by atoms with E-state index in [1.165, 1.54) is 0 Å². The highest BCUT2D eigenvalue weighted by Crippen LogP contribution is 2.27. The molecule has 0 bridgehead atoms. The molecule has 0 atom stereocenters. The molecule has 0 aliphatic carbocycles. The monoisotopic (exact) mass is 328 g/mol. The third kappa shape index (κ3) is 2.34. The molecule has 1 amide bonds. The number of hydrogen-bond donors (Lipinski definition) is 3. The van der Waals surface area contributed by atoms with Crippen LogP contribution in [0, 0.1) is 6.92 Å². The number of aromatic nitrogens is 2. The molecule has 1 heterocycles. The molecule has 2 aromatic rings. The number of aromatic amines is 1. The maximum atomic E-state index is 12.0. The van der Waals surface area contributed by atoms with E-state index in [4.69, 9.17) is 17.3 Å². The molecule has 0 fully saturated rings. The number of anilines is 2. The maximum absolute atomic E-state index is 12.0. The fourth-order valence-corrected chi connectivity index (χ4v) is 1.97. The quantitative estimate of drug-likeness (QED) is 0.792. The Kier molecular flexibility index (Phi) is 3.58. The molecule has 0 spiro atoms. The summed E-state index contributed by atoms with van der Waals surface area (Å²) in [4.78, 5) is 12.0. The van der Waals surface area contributed by atoms with E-state index < -0.39 is 0 Å². The second-order valence-corrected chi connectivity index (χ2v) is 4.90. The van der Waals surface area contributed by atoms with Crippen molar-refractivity contribution >= 4 is 44.9 Å². The second-order valence-electron chi connectivity index (χ2n) is 3.67. The van der Waals surface area contributed by atoms with Crippen molar-refractivity contribution in [1.29, 1.82) is 0 Å². The molecule has 1 aromatic carbocycles. The molecule has 0 aliphatic rings. The minimum absolute atomic E-state index is 0.300. The first-order valence-corrected chi connectivity index (χ1v) is 6.23. The summed E-state index contributed by atoms with van der Waals surface area (Å²) in [6.07, 6.45) is 0. The smallest absolute Gasteiger partial charge is 0.258 e. The highest BCUT2D eigenvalue weighted by molar-refractivity contribution is 9.10. The van der Waals surface area contributed by atoms with Crippen LogP contribution < -0.4 is 11.1 Å². The fourth-order valence-electron chi connectivity index (χ4n) is 1.39. The summed E-state index contributed by atoms with van der Waals surface area (Å²) >= 11 is 9.29. The van der Waals surface area contributed by atoms with Gasteiger partial charge in [-0.2, -0.15) is 5.10 Å². The van der Waals surface area contributed by atoms with Crippen LogP contribution in [-0.2, 0) is 0 Å². The maximum Gasteiger partial charge on any atom is 0.258 e. The summed E-state index contributed by atoms with van der Waals surface area (Å²) in [7, 11) is 0. The van der Waals surface area contributed by atoms with Crippen LogP contribution in [0.3, 0.4) is 0 Å². The van der Waals surface area contributed by atoms with Gasteiger partial charge in [-0.3, -0.25) is 9.89 Å². The largest absolute Gasteiger partial charge is 0.394 e. The van der Waals surface area contributed by atoms with Gasteiger partial charge in [0.25, 0.3) is 5.91 Å². The first kappa shape index (κ1) is 12.9. The van der Waals surface area contributed by atoms with Crippen molar-refractivity contribution in [2.75, 3.05) is 11.1 Å². The number of nitrogens with one attached hydrogen (secondary N) is 2. The Hall–Kier alpha value is -1.53. The van der Waals surface area contributed by atoms with Gasteiger partial charge >= 0.3 is 0 Å². The van der Waals surface area contributed by atoms with Crippen LogP contribution in [0.5, 0.6) is 0 Å². The van der Waals surface area contributed by atoms with Gasteiger partial charge < -0.3 is 11.1 Å². The van der Waals surface area contributed by atoms with Crippen molar-refractivity contribution < 1.29 is 4.79 Å². The fraction of sp³-hybridized carbons (Fsp3) is 0.0909. The molecular weight excluding hydrogens is 320 g/mol. The van der Waals surface area contributed by atoms with Gasteiger partial charge in [-0.25, -0.2) is 0 Å². The molecule has 2 rings (SSSR count). The molecule has 18 heavy (non-hydrogen) atoms. The van der Waals surface area contributed by atoms with Crippen molar-refractivity contribution in [3.05, 3.63) is 39.0 Å². The summed E-state index contributed by atoms with van der Waals surface area (Å²) in [5.74, 6) is -0.0620. The number of aryl methyl sites for hydroxylation is 1. The topological polar surface area (TPSA) is 83.8 Å². The average Bonchev–Trinajstić information content (AvgIpc) is 2.64. The van der Waals surface area contributed by atoms with Gasteiger partial charge in [-0.15, -0.1) is 0 Å². The third-order valence-electron chi connectivity index (χ3n) is 2.42. The van der Waals surface area contributed by atoms with E-state index in [1.54, 1.807) is 25.1 Å². The number of rotatable bonds is 2. The molecular formula is C11H10BrClN4O. The predicted octanol–water partition coefficient (Wildman–Crippen LogP) is 2.97. The highest BCUT2D eigenvalue weighted by Gasteiger charge is 2.15. The Morgan fingerprint density at radius 3 is 2.89 bits per heavy atom. The minimum Gasteiger partial charge on any atom is -0.394 e. The molecule has 4 N–H and O–H groups in total. The van der Waals surface area contributed by atoms with Crippen molar-refractivity contribution in [2.24, 2.45) is 0 Å². The average molecular weight is 330 g/mol. The molecule has 0 radical (unpaired) electrons. The number of amides is 1. The van der Waals surface area contributed by atoms with Crippen LogP contribution in [0.25, 0.3) is 0 Å². The standard InChI is InChI=1S/C11H10BrClN4O/c1-5-9(14)10(17-16-5)15-11(18)6-3-2-4-7(12)8(6)13/h2-4H,14H2,1H3,(H2,15,16,17,18). The zero-order chi connectivity index (χ0) is 13.3. The highest BCUT2D eigenvalue weighted by atomic mass is 79.9. The van der Waals surface area contributed by atoms with E-state index in [2.05, 4.69) is 31.4 Å². The second kappa shape index (κ2) is 4.99. The minimum atomic E-state index is -0.362. The lowest BCUT2D eigenvalue weighted by Gasteiger charge is -2.06. The molecule has 7 heteroatoms. The van der Waals surface area contributed by atoms with Crippen molar-refractivity contribution in [3.63, 3.8) is 0 Å². The van der Waals surface area contributed by atoms with Gasteiger partial charge in [0.1, 0.15) is 0 Å². The Morgan fingerprint density at radius 1 is 1.56 bits per heavy atom. The van der Waals surface area contributed by atoms with Crippen molar-refractivity contribution in [1.82, 2.24) is 10.2 Å². The molecule has 0 saturated heterocycles. The molecule has 1 aromatic heterocycles. The Balaban J connectivity index is 2.28. The number of nitrogen functional groups attached to an aromatic ring is 1. The number of halogens is 2. The lowest BCUT2D eigenvalue weighted by Crippen LogP contribution is -2.14. The molecule has 0 aliphatic heterocycles. The van der Waals surface area contributed by atoms with Gasteiger partial charge in [0.05, 0.1) is 22.0 Å². The first-order chi connectivity index (χ1) is 8.50. The Labute approximate surface area is 117 Å². The first-order valence-electron chi connectivity index (χ1n) is 5.06. The van der Waals surface area contributed by atoms with Crippen LogP contribution in [0.2, 0.25) is 5.02 Å². The van der Waals surface area contributed by atoms with Crippen LogP contribution in [-0.4, -0.2) is 16.1 Å². The van der Waals surface area contributed by atoms with Gasteiger partial charge in [0.2, 0.25) is 0 Å². The van der Waals surface area contributed by atoms with E-state index in [0.29, 0.717) is 32.3 Å². The number of carbonyl (C=O) groups is 1. The van der Waals surface area contributed by atoms with Crippen molar-refractivity contribution in [2.45, 2.75) is 6.92 Å². The van der Waals surface area contributed by atoms with Crippen LogP contribution in [0.15, 0.2) is 22.7 Å². The normalized spacial score (nSPS) is 10.4. The summed E-state index contributed by atoms with van der Waals surface area (Å²) in [5.41, 5.74) is 7.21. The zero-order valence-electron chi connectivity index (χ0n) is 9.42. The van der Waals surface area contributed by atoms with Crippen LogP contribution in [0.1, 0.15) is 16.1 Å². The number of hydrogen-bond acceptors (Lipinski definition) is 3. The number of benzene rings is 1. The van der Waals surface area contributed by atoms with Gasteiger partial charge in [0, 0.05) is 4.47 Å². The van der Waals surface area contributed by atoms with E-state index in [1.807, 2.05) is 0 Å². The zero-order valence-corrected chi connectivity index (χ0v) is 11.8. The Bertz CT molecular complexity index is 611. The number of H-pyrrole nitrogens is 1.